The van der Waals surface area contributed by atoms with Crippen molar-refractivity contribution in [3.05, 3.63) is 76.5 Å². The fourth-order valence-electron chi connectivity index (χ4n) is 3.28. The SMILES string of the molecule is Cn1nc(C(F)F)c(C(=O)NC(C)(C)c2ccc(C(=O)O)cc2)c1Oc1ccc(C(F)(F)F)cc1. The van der Waals surface area contributed by atoms with Crippen molar-refractivity contribution in [2.24, 2.45) is 7.05 Å². The van der Waals surface area contributed by atoms with E-state index in [1.54, 1.807) is 13.8 Å². The molecule has 0 unspecified atom stereocenters. The van der Waals surface area contributed by atoms with Crippen LogP contribution in [0.1, 0.15) is 57.8 Å². The van der Waals surface area contributed by atoms with Crippen molar-refractivity contribution in [3.63, 3.8) is 0 Å². The van der Waals surface area contributed by atoms with Gasteiger partial charge in [0.2, 0.25) is 5.88 Å². The highest BCUT2D eigenvalue weighted by molar-refractivity contribution is 5.98. The number of halogens is 5. The lowest BCUT2D eigenvalue weighted by Crippen LogP contribution is -2.41. The largest absolute Gasteiger partial charge is 0.478 e. The number of amides is 1. The van der Waals surface area contributed by atoms with E-state index in [0.717, 1.165) is 28.9 Å². The number of aryl methyl sites for hydroxylation is 1. The third kappa shape index (κ3) is 5.58. The third-order valence-electron chi connectivity index (χ3n) is 5.13. The Balaban J connectivity index is 1.94. The maximum absolute atomic E-state index is 13.7. The van der Waals surface area contributed by atoms with Crippen LogP contribution in [0.3, 0.4) is 0 Å². The predicted molar refractivity (Wildman–Crippen MR) is 114 cm³/mol. The molecule has 0 saturated heterocycles. The minimum Gasteiger partial charge on any atom is -0.478 e. The molecule has 0 spiro atoms. The van der Waals surface area contributed by atoms with Gasteiger partial charge in [-0.2, -0.15) is 18.3 Å². The molecule has 1 amide bonds. The van der Waals surface area contributed by atoms with Crippen molar-refractivity contribution in [2.45, 2.75) is 32.0 Å². The minimum atomic E-state index is -4.58. The summed E-state index contributed by atoms with van der Waals surface area (Å²) in [6.45, 7) is 3.16. The lowest BCUT2D eigenvalue weighted by atomic mass is 9.93. The Morgan fingerprint density at radius 1 is 1.00 bits per heavy atom. The quantitative estimate of drug-likeness (QED) is 0.419. The van der Waals surface area contributed by atoms with Crippen molar-refractivity contribution in [1.82, 2.24) is 15.1 Å². The number of aromatic nitrogens is 2. The maximum Gasteiger partial charge on any atom is 0.416 e. The number of hydrogen-bond donors (Lipinski definition) is 2. The molecule has 3 aromatic rings. The summed E-state index contributed by atoms with van der Waals surface area (Å²) in [6, 6.07) is 9.10. The summed E-state index contributed by atoms with van der Waals surface area (Å²) in [6.07, 6.45) is -7.72. The van der Waals surface area contributed by atoms with Gasteiger partial charge in [0.05, 0.1) is 16.7 Å². The van der Waals surface area contributed by atoms with E-state index in [9.17, 15) is 31.5 Å². The van der Waals surface area contributed by atoms with Gasteiger partial charge in [-0.3, -0.25) is 4.79 Å². The van der Waals surface area contributed by atoms with E-state index >= 15 is 0 Å². The van der Waals surface area contributed by atoms with Gasteiger partial charge in [-0.05, 0) is 55.8 Å². The molecule has 0 aliphatic heterocycles. The summed E-state index contributed by atoms with van der Waals surface area (Å²) in [5.41, 5.74) is -3.01. The molecule has 1 aromatic heterocycles. The van der Waals surface area contributed by atoms with Crippen LogP contribution in [-0.2, 0) is 18.8 Å². The third-order valence-corrected chi connectivity index (χ3v) is 5.13. The van der Waals surface area contributed by atoms with Crippen LogP contribution in [0.4, 0.5) is 22.0 Å². The van der Waals surface area contributed by atoms with E-state index in [1.165, 1.54) is 31.3 Å². The zero-order chi connectivity index (χ0) is 26.1. The fraction of sp³-hybridized carbons (Fsp3) is 0.261. The van der Waals surface area contributed by atoms with Crippen LogP contribution in [0.15, 0.2) is 48.5 Å². The van der Waals surface area contributed by atoms with Crippen LogP contribution in [0.2, 0.25) is 0 Å². The summed E-state index contributed by atoms with van der Waals surface area (Å²) < 4.78 is 72.2. The van der Waals surface area contributed by atoms with Gasteiger partial charge in [0.1, 0.15) is 17.0 Å². The van der Waals surface area contributed by atoms with Crippen LogP contribution in [0.5, 0.6) is 11.6 Å². The number of carboxylic acid groups (broad SMARTS) is 1. The molecule has 0 atom stereocenters. The Morgan fingerprint density at radius 3 is 2.03 bits per heavy atom. The molecule has 1 heterocycles. The van der Waals surface area contributed by atoms with E-state index in [1.807, 2.05) is 0 Å². The molecule has 2 aromatic carbocycles. The molecule has 0 fully saturated rings. The second-order valence-corrected chi connectivity index (χ2v) is 8.08. The molecule has 186 valence electrons. The molecule has 0 aliphatic rings. The highest BCUT2D eigenvalue weighted by Gasteiger charge is 2.34. The monoisotopic (exact) mass is 497 g/mol. The van der Waals surface area contributed by atoms with Crippen LogP contribution < -0.4 is 10.1 Å². The number of aromatic carboxylic acids is 1. The highest BCUT2D eigenvalue weighted by atomic mass is 19.4. The van der Waals surface area contributed by atoms with Crippen LogP contribution in [0.25, 0.3) is 0 Å². The van der Waals surface area contributed by atoms with Crippen molar-refractivity contribution < 1.29 is 41.4 Å². The van der Waals surface area contributed by atoms with Gasteiger partial charge in [0, 0.05) is 7.05 Å². The molecular weight excluding hydrogens is 477 g/mol. The number of carbonyl (C=O) groups is 2. The molecule has 2 N–H and O–H groups in total. The molecule has 3 rings (SSSR count). The van der Waals surface area contributed by atoms with E-state index in [-0.39, 0.29) is 11.3 Å². The predicted octanol–water partition coefficient (Wildman–Crippen LogP) is 5.53. The van der Waals surface area contributed by atoms with E-state index in [2.05, 4.69) is 10.4 Å². The lowest BCUT2D eigenvalue weighted by Gasteiger charge is -2.27. The Bertz CT molecular complexity index is 1230. The first-order valence-electron chi connectivity index (χ1n) is 10.1. The number of ether oxygens (including phenoxy) is 1. The Morgan fingerprint density at radius 2 is 1.54 bits per heavy atom. The summed E-state index contributed by atoms with van der Waals surface area (Å²) in [5.74, 6) is -2.63. The topological polar surface area (TPSA) is 93.5 Å². The highest BCUT2D eigenvalue weighted by Crippen LogP contribution is 2.35. The van der Waals surface area contributed by atoms with Gasteiger partial charge < -0.3 is 15.2 Å². The van der Waals surface area contributed by atoms with E-state index in [4.69, 9.17) is 9.84 Å². The molecule has 0 bridgehead atoms. The number of nitrogens with one attached hydrogen (secondary N) is 1. The Labute approximate surface area is 196 Å². The van der Waals surface area contributed by atoms with Gasteiger partial charge in [-0.15, -0.1) is 0 Å². The normalized spacial score (nSPS) is 12.0. The van der Waals surface area contributed by atoms with Gasteiger partial charge in [-0.25, -0.2) is 18.3 Å². The molecule has 12 heteroatoms. The average Bonchev–Trinajstić information content (AvgIpc) is 3.10. The van der Waals surface area contributed by atoms with Crippen molar-refractivity contribution in [3.8, 4) is 11.6 Å². The van der Waals surface area contributed by atoms with Crippen LogP contribution in [-0.4, -0.2) is 26.8 Å². The Hall–Kier alpha value is -3.96. The van der Waals surface area contributed by atoms with Crippen LogP contribution >= 0.6 is 0 Å². The number of alkyl halides is 5. The zero-order valence-electron chi connectivity index (χ0n) is 18.7. The van der Waals surface area contributed by atoms with Crippen molar-refractivity contribution >= 4 is 11.9 Å². The Kier molecular flexibility index (Phi) is 6.86. The standard InChI is InChI=1S/C23H20F5N3O4/c1-22(2,13-6-4-12(5-7-13)21(33)34)29-19(32)16-17(18(24)25)30-31(3)20(16)35-15-10-8-14(9-11-15)23(26,27)28/h4-11,18H,1-3H3,(H,29,32)(H,33,34). The van der Waals surface area contributed by atoms with E-state index in [0.29, 0.717) is 5.56 Å². The average molecular weight is 497 g/mol. The number of carboxylic acids is 1. The smallest absolute Gasteiger partial charge is 0.416 e. The zero-order valence-corrected chi connectivity index (χ0v) is 18.7. The molecule has 0 radical (unpaired) electrons. The molecule has 0 saturated carbocycles. The van der Waals surface area contributed by atoms with Gasteiger partial charge in [0.25, 0.3) is 12.3 Å². The second kappa shape index (κ2) is 9.35. The lowest BCUT2D eigenvalue weighted by molar-refractivity contribution is -0.137. The summed E-state index contributed by atoms with van der Waals surface area (Å²) in [7, 11) is 1.25. The van der Waals surface area contributed by atoms with Gasteiger partial charge >= 0.3 is 12.1 Å². The van der Waals surface area contributed by atoms with Crippen molar-refractivity contribution in [1.29, 1.82) is 0 Å². The second-order valence-electron chi connectivity index (χ2n) is 8.08. The first kappa shape index (κ1) is 25.7. The molecular formula is C23H20F5N3O4. The van der Waals surface area contributed by atoms with Crippen molar-refractivity contribution in [2.75, 3.05) is 0 Å². The van der Waals surface area contributed by atoms with Crippen LogP contribution in [0, 0.1) is 0 Å². The maximum atomic E-state index is 13.7. The van der Waals surface area contributed by atoms with Gasteiger partial charge in [-0.1, -0.05) is 12.1 Å². The first-order chi connectivity index (χ1) is 16.2. The molecule has 7 nitrogen and oxygen atoms in total. The number of hydrogen-bond acceptors (Lipinski definition) is 4. The first-order valence-corrected chi connectivity index (χ1v) is 10.1. The number of nitrogens with zero attached hydrogens (tertiary/aromatic N) is 2. The summed E-state index contributed by atoms with van der Waals surface area (Å²) >= 11 is 0. The number of carbonyl (C=O) groups excluding carboxylic acids is 1. The minimum absolute atomic E-state index is 0.0235. The number of rotatable bonds is 7. The molecule has 0 aliphatic carbocycles. The van der Waals surface area contributed by atoms with Gasteiger partial charge in [0.15, 0.2) is 0 Å². The number of benzene rings is 2. The van der Waals surface area contributed by atoms with E-state index < -0.39 is 52.7 Å². The summed E-state index contributed by atoms with van der Waals surface area (Å²) in [4.78, 5) is 24.2. The fourth-order valence-corrected chi connectivity index (χ4v) is 3.28. The summed E-state index contributed by atoms with van der Waals surface area (Å²) in [5, 5.41) is 15.3. The molecule has 35 heavy (non-hydrogen) atoms.